The molecule has 1 aromatic rings. The molecule has 1 heterocycles. The number of hydrogen-bond acceptors (Lipinski definition) is 3. The topological polar surface area (TPSA) is 69.6 Å². The Bertz CT molecular complexity index is 473. The summed E-state index contributed by atoms with van der Waals surface area (Å²) in [6.45, 7) is 0.978. The van der Waals surface area contributed by atoms with Gasteiger partial charge < -0.3 is 15.3 Å². The molecule has 5 nitrogen and oxygen atoms in total. The first-order chi connectivity index (χ1) is 8.63. The first kappa shape index (κ1) is 12.4. The second kappa shape index (κ2) is 5.08. The van der Waals surface area contributed by atoms with Gasteiger partial charge in [-0.15, -0.1) is 0 Å². The molecule has 18 heavy (non-hydrogen) atoms. The van der Waals surface area contributed by atoms with Gasteiger partial charge in [-0.2, -0.15) is 0 Å². The van der Waals surface area contributed by atoms with E-state index in [2.05, 4.69) is 5.32 Å². The Hall–Kier alpha value is -2.04. The minimum absolute atomic E-state index is 0.0359. The van der Waals surface area contributed by atoms with Crippen LogP contribution in [0.4, 0.5) is 5.69 Å². The molecule has 0 fully saturated rings. The zero-order valence-corrected chi connectivity index (χ0v) is 10.2. The number of aliphatic carboxylic acids is 1. The molecule has 2 rings (SSSR count). The highest BCUT2D eigenvalue weighted by atomic mass is 16.4. The first-order valence-corrected chi connectivity index (χ1v) is 5.90. The number of rotatable bonds is 4. The molecule has 1 unspecified atom stereocenters. The fraction of sp³-hybridized carbons (Fsp3) is 0.385. The summed E-state index contributed by atoms with van der Waals surface area (Å²) in [6.07, 6.45) is 0.372. The van der Waals surface area contributed by atoms with Crippen molar-refractivity contribution in [3.05, 3.63) is 29.8 Å². The van der Waals surface area contributed by atoms with Crippen molar-refractivity contribution >= 4 is 17.6 Å². The van der Waals surface area contributed by atoms with Crippen LogP contribution < -0.4 is 10.2 Å². The maximum atomic E-state index is 11.2. The number of carbonyl (C=O) groups is 2. The summed E-state index contributed by atoms with van der Waals surface area (Å²) in [6, 6.07) is 7.48. The van der Waals surface area contributed by atoms with Crippen molar-refractivity contribution < 1.29 is 14.7 Å². The number of anilines is 1. The van der Waals surface area contributed by atoms with Gasteiger partial charge in [0.2, 0.25) is 5.91 Å². The third-order valence-electron chi connectivity index (χ3n) is 3.24. The summed E-state index contributed by atoms with van der Waals surface area (Å²) in [5.74, 6) is -1.35. The molecule has 0 radical (unpaired) electrons. The quantitative estimate of drug-likeness (QED) is 0.827. The largest absolute Gasteiger partial charge is 0.481 e. The van der Waals surface area contributed by atoms with Crippen LogP contribution in [0.1, 0.15) is 17.9 Å². The lowest BCUT2D eigenvalue weighted by Crippen LogP contribution is -2.29. The van der Waals surface area contributed by atoms with Gasteiger partial charge in [-0.05, 0) is 11.6 Å². The van der Waals surface area contributed by atoms with E-state index in [1.54, 1.807) is 7.05 Å². The monoisotopic (exact) mass is 248 g/mol. The Morgan fingerprint density at radius 2 is 2.17 bits per heavy atom. The Morgan fingerprint density at radius 3 is 2.83 bits per heavy atom. The summed E-state index contributed by atoms with van der Waals surface area (Å²) < 4.78 is 0. The predicted octanol–water partition coefficient (Wildman–Crippen LogP) is 0.811. The molecule has 1 amide bonds. The Balaban J connectivity index is 2.15. The third kappa shape index (κ3) is 2.30. The molecule has 0 aliphatic carbocycles. The van der Waals surface area contributed by atoms with Crippen LogP contribution in [-0.2, 0) is 9.59 Å². The number of fused-ring (bicyclic) bond motifs is 1. The van der Waals surface area contributed by atoms with Crippen molar-refractivity contribution in [1.82, 2.24) is 5.32 Å². The minimum atomic E-state index is -0.815. The number of para-hydroxylation sites is 1. The van der Waals surface area contributed by atoms with Crippen molar-refractivity contribution in [2.75, 3.05) is 25.0 Å². The van der Waals surface area contributed by atoms with Crippen LogP contribution in [-0.4, -0.2) is 37.1 Å². The lowest BCUT2D eigenvalue weighted by Gasteiger charge is -2.18. The van der Waals surface area contributed by atoms with Gasteiger partial charge in [0.05, 0.1) is 0 Å². The van der Waals surface area contributed by atoms with Gasteiger partial charge in [-0.1, -0.05) is 18.2 Å². The van der Waals surface area contributed by atoms with E-state index in [9.17, 15) is 14.7 Å². The molecular weight excluding hydrogens is 232 g/mol. The zero-order valence-electron chi connectivity index (χ0n) is 10.2. The summed E-state index contributed by atoms with van der Waals surface area (Å²) in [5.41, 5.74) is 1.76. The van der Waals surface area contributed by atoms with Gasteiger partial charge in [0.25, 0.3) is 0 Å². The van der Waals surface area contributed by atoms with E-state index in [-0.39, 0.29) is 5.91 Å². The summed E-state index contributed by atoms with van der Waals surface area (Å²) >= 11 is 0. The van der Waals surface area contributed by atoms with E-state index in [4.69, 9.17) is 0 Å². The Kier molecular flexibility index (Phi) is 3.50. The van der Waals surface area contributed by atoms with Crippen LogP contribution in [0.5, 0.6) is 0 Å². The average molecular weight is 248 g/mol. The van der Waals surface area contributed by atoms with Crippen molar-refractivity contribution in [3.8, 4) is 0 Å². The molecule has 96 valence electrons. The molecule has 0 bridgehead atoms. The number of benzene rings is 1. The van der Waals surface area contributed by atoms with Crippen LogP contribution in [0.15, 0.2) is 24.3 Å². The average Bonchev–Trinajstić information content (AvgIpc) is 2.75. The molecule has 0 aromatic heterocycles. The number of hydrogen-bond donors (Lipinski definition) is 2. The third-order valence-corrected chi connectivity index (χ3v) is 3.24. The summed E-state index contributed by atoms with van der Waals surface area (Å²) in [4.78, 5) is 24.4. The highest BCUT2D eigenvalue weighted by Crippen LogP contribution is 2.36. The van der Waals surface area contributed by atoms with Crippen molar-refractivity contribution in [1.29, 1.82) is 0 Å². The van der Waals surface area contributed by atoms with Crippen LogP contribution in [0.2, 0.25) is 0 Å². The van der Waals surface area contributed by atoms with Gasteiger partial charge >= 0.3 is 5.97 Å². The van der Waals surface area contributed by atoms with Crippen molar-refractivity contribution in [2.24, 2.45) is 0 Å². The highest BCUT2D eigenvalue weighted by molar-refractivity contribution is 5.83. The lowest BCUT2D eigenvalue weighted by molar-refractivity contribution is -0.138. The molecule has 1 aromatic carbocycles. The fourth-order valence-electron chi connectivity index (χ4n) is 2.27. The van der Waals surface area contributed by atoms with Gasteiger partial charge in [0.15, 0.2) is 0 Å². The Morgan fingerprint density at radius 1 is 1.44 bits per heavy atom. The molecule has 1 aliphatic rings. The number of carboxylic acids is 1. The first-order valence-electron chi connectivity index (χ1n) is 5.90. The number of carbonyl (C=O) groups excluding carboxylic acids is 1. The smallest absolute Gasteiger partial charge is 0.312 e. The minimum Gasteiger partial charge on any atom is -0.481 e. The number of nitrogens with zero attached hydrogens (tertiary/aromatic N) is 1. The predicted molar refractivity (Wildman–Crippen MR) is 67.7 cm³/mol. The number of carboxylic acid groups (broad SMARTS) is 1. The van der Waals surface area contributed by atoms with Crippen LogP contribution >= 0.6 is 0 Å². The molecule has 1 aliphatic heterocycles. The summed E-state index contributed by atoms with van der Waals surface area (Å²) in [5, 5.41) is 11.8. The van der Waals surface area contributed by atoms with E-state index in [0.29, 0.717) is 19.5 Å². The second-order valence-corrected chi connectivity index (χ2v) is 4.32. The van der Waals surface area contributed by atoms with Gasteiger partial charge in [0, 0.05) is 32.2 Å². The van der Waals surface area contributed by atoms with Gasteiger partial charge in [-0.3, -0.25) is 9.59 Å². The molecular formula is C13H16N2O3. The van der Waals surface area contributed by atoms with E-state index < -0.39 is 11.9 Å². The second-order valence-electron chi connectivity index (χ2n) is 4.32. The molecule has 0 saturated carbocycles. The summed E-state index contributed by atoms with van der Waals surface area (Å²) in [7, 11) is 1.60. The molecule has 2 N–H and O–H groups in total. The highest BCUT2D eigenvalue weighted by Gasteiger charge is 2.32. The fourth-order valence-corrected chi connectivity index (χ4v) is 2.27. The van der Waals surface area contributed by atoms with Crippen molar-refractivity contribution in [2.45, 2.75) is 12.3 Å². The van der Waals surface area contributed by atoms with E-state index in [1.165, 1.54) is 0 Å². The van der Waals surface area contributed by atoms with Crippen LogP contribution in [0.25, 0.3) is 0 Å². The van der Waals surface area contributed by atoms with E-state index in [0.717, 1.165) is 11.3 Å². The van der Waals surface area contributed by atoms with Gasteiger partial charge in [-0.25, -0.2) is 0 Å². The van der Waals surface area contributed by atoms with Crippen LogP contribution in [0, 0.1) is 0 Å². The lowest BCUT2D eigenvalue weighted by atomic mass is 10.0. The SMILES string of the molecule is CNC(=O)CCN1CC(C(=O)O)c2ccccc21. The molecule has 0 spiro atoms. The van der Waals surface area contributed by atoms with E-state index in [1.807, 2.05) is 29.2 Å². The maximum absolute atomic E-state index is 11.2. The molecule has 1 atom stereocenters. The van der Waals surface area contributed by atoms with Gasteiger partial charge in [0.1, 0.15) is 5.92 Å². The Labute approximate surface area is 105 Å². The molecule has 5 heteroatoms. The zero-order chi connectivity index (χ0) is 13.1. The van der Waals surface area contributed by atoms with Crippen LogP contribution in [0.3, 0.4) is 0 Å². The van der Waals surface area contributed by atoms with E-state index >= 15 is 0 Å². The number of amides is 1. The maximum Gasteiger partial charge on any atom is 0.312 e. The standard InChI is InChI=1S/C13H16N2O3/c1-14-12(16)6-7-15-8-10(13(17)18)9-4-2-3-5-11(9)15/h2-5,10H,6-8H2,1H3,(H,14,16)(H,17,18). The van der Waals surface area contributed by atoms with Crippen molar-refractivity contribution in [3.63, 3.8) is 0 Å². The molecule has 0 saturated heterocycles. The normalized spacial score (nSPS) is 17.4. The number of nitrogens with one attached hydrogen (secondary N) is 1.